The van der Waals surface area contributed by atoms with Gasteiger partial charge in [-0.15, -0.1) is 0 Å². The highest BCUT2D eigenvalue weighted by molar-refractivity contribution is 6.76. The molecule has 1 fully saturated rings. The number of aliphatic imine (C=N–C) groups is 1. The maximum absolute atomic E-state index is 6.17. The molecule has 0 radical (unpaired) electrons. The van der Waals surface area contributed by atoms with Crippen molar-refractivity contribution in [2.45, 2.75) is 38.5 Å². The number of ether oxygens (including phenoxy) is 2. The molecule has 0 aromatic rings. The minimum atomic E-state index is -1.06. The lowest BCUT2D eigenvalue weighted by Crippen LogP contribution is -2.36. The maximum atomic E-state index is 6.17. The van der Waals surface area contributed by atoms with E-state index in [-0.39, 0.29) is 0 Å². The van der Waals surface area contributed by atoms with Gasteiger partial charge in [-0.3, -0.25) is 4.99 Å². The smallest absolute Gasteiger partial charge is 0.119 e. The monoisotopic (exact) mass is 384 g/mol. The lowest BCUT2D eigenvalue weighted by molar-refractivity contribution is 0.106. The van der Waals surface area contributed by atoms with Crippen molar-refractivity contribution in [3.63, 3.8) is 0 Å². The van der Waals surface area contributed by atoms with Gasteiger partial charge in [0.05, 0.1) is 30.8 Å². The lowest BCUT2D eigenvalue weighted by atomic mass is 9.81. The normalized spacial score (nSPS) is 34.2. The van der Waals surface area contributed by atoms with Gasteiger partial charge in [0.1, 0.15) is 5.76 Å². The van der Waals surface area contributed by atoms with Gasteiger partial charge >= 0.3 is 0 Å². The average Bonchev–Trinajstić information content (AvgIpc) is 2.99. The molecule has 27 heavy (non-hydrogen) atoms. The maximum Gasteiger partial charge on any atom is 0.119 e. The molecule has 0 aromatic carbocycles. The molecule has 1 saturated heterocycles. The predicted molar refractivity (Wildman–Crippen MR) is 113 cm³/mol. The van der Waals surface area contributed by atoms with Gasteiger partial charge < -0.3 is 14.8 Å². The molecular weight excluding hydrogens is 352 g/mol. The first-order valence-corrected chi connectivity index (χ1v) is 13.9. The Morgan fingerprint density at radius 3 is 2.93 bits per heavy atom. The summed E-state index contributed by atoms with van der Waals surface area (Å²) in [6, 6.07) is 1.22. The highest BCUT2D eigenvalue weighted by atomic mass is 28.3. The van der Waals surface area contributed by atoms with Gasteiger partial charge in [0.25, 0.3) is 0 Å². The summed E-state index contributed by atoms with van der Waals surface area (Å²) in [7, 11) is 0.685. The van der Waals surface area contributed by atoms with Crippen molar-refractivity contribution in [2.75, 3.05) is 26.9 Å². The fourth-order valence-corrected chi connectivity index (χ4v) is 5.09. The van der Waals surface area contributed by atoms with Crippen molar-refractivity contribution in [3.8, 4) is 0 Å². The second-order valence-electron chi connectivity index (χ2n) is 9.41. The van der Waals surface area contributed by atoms with Crippen molar-refractivity contribution in [2.24, 2.45) is 22.7 Å². The van der Waals surface area contributed by atoms with Crippen LogP contribution in [0, 0.1) is 17.8 Å². The van der Waals surface area contributed by atoms with Crippen molar-refractivity contribution < 1.29 is 9.47 Å². The van der Waals surface area contributed by atoms with Crippen LogP contribution in [-0.4, -0.2) is 40.7 Å². The third kappa shape index (κ3) is 4.14. The molecule has 4 aliphatic rings. The van der Waals surface area contributed by atoms with Crippen LogP contribution in [0.2, 0.25) is 25.7 Å². The molecule has 0 spiro atoms. The van der Waals surface area contributed by atoms with Crippen molar-refractivity contribution in [1.82, 2.24) is 5.32 Å². The summed E-state index contributed by atoms with van der Waals surface area (Å²) < 4.78 is 11.8. The van der Waals surface area contributed by atoms with Crippen molar-refractivity contribution >= 4 is 13.8 Å². The summed E-state index contributed by atoms with van der Waals surface area (Å²) in [6.45, 7) is 9.89. The van der Waals surface area contributed by atoms with E-state index in [1.807, 2.05) is 0 Å². The molecule has 3 atom stereocenters. The summed E-state index contributed by atoms with van der Waals surface area (Å²) in [5.41, 5.74) is 4.75. The van der Waals surface area contributed by atoms with E-state index < -0.39 is 8.07 Å². The Hall–Kier alpha value is -1.59. The molecule has 146 valence electrons. The molecule has 0 amide bonds. The van der Waals surface area contributed by atoms with Crippen LogP contribution >= 0.6 is 0 Å². The number of allylic oxidation sites excluding steroid dienone is 4. The van der Waals surface area contributed by atoms with E-state index in [0.29, 0.717) is 17.8 Å². The van der Waals surface area contributed by atoms with Gasteiger partial charge in [-0.25, -0.2) is 0 Å². The van der Waals surface area contributed by atoms with E-state index in [2.05, 4.69) is 49.3 Å². The van der Waals surface area contributed by atoms with Gasteiger partial charge in [0, 0.05) is 32.7 Å². The molecule has 0 aromatic heterocycles. The first kappa shape index (κ1) is 18.8. The van der Waals surface area contributed by atoms with Crippen LogP contribution in [0.25, 0.3) is 0 Å². The van der Waals surface area contributed by atoms with Gasteiger partial charge in [0.15, 0.2) is 0 Å². The van der Waals surface area contributed by atoms with E-state index in [9.17, 15) is 0 Å². The molecule has 5 heteroatoms. The van der Waals surface area contributed by atoms with Gasteiger partial charge in [-0.2, -0.15) is 0 Å². The summed E-state index contributed by atoms with van der Waals surface area (Å²) in [5.74, 6) is 2.35. The van der Waals surface area contributed by atoms with Crippen LogP contribution < -0.4 is 5.32 Å². The number of rotatable bonds is 6. The first-order valence-electron chi connectivity index (χ1n) is 10.2. The van der Waals surface area contributed by atoms with E-state index in [1.165, 1.54) is 29.4 Å². The highest BCUT2D eigenvalue weighted by Gasteiger charge is 2.35. The topological polar surface area (TPSA) is 42.8 Å². The van der Waals surface area contributed by atoms with Crippen molar-refractivity contribution in [1.29, 1.82) is 0 Å². The Kier molecular flexibility index (Phi) is 5.17. The second-order valence-corrected chi connectivity index (χ2v) is 15.0. The summed E-state index contributed by atoms with van der Waals surface area (Å²) in [6.07, 6.45) is 11.2. The van der Waals surface area contributed by atoms with Crippen LogP contribution in [0.15, 0.2) is 52.0 Å². The Morgan fingerprint density at radius 2 is 2.15 bits per heavy atom. The Balaban J connectivity index is 1.61. The van der Waals surface area contributed by atoms with E-state index in [0.717, 1.165) is 37.6 Å². The van der Waals surface area contributed by atoms with E-state index in [4.69, 9.17) is 14.5 Å². The minimum absolute atomic E-state index is 0.360. The van der Waals surface area contributed by atoms with Crippen LogP contribution in [0.5, 0.6) is 0 Å². The number of piperidine rings is 1. The van der Waals surface area contributed by atoms with Gasteiger partial charge in [0.2, 0.25) is 0 Å². The zero-order valence-corrected chi connectivity index (χ0v) is 18.0. The average molecular weight is 385 g/mol. The fraction of sp³-hybridized carbons (Fsp3) is 0.591. The van der Waals surface area contributed by atoms with Crippen LogP contribution in [0.1, 0.15) is 12.8 Å². The third-order valence-corrected chi connectivity index (χ3v) is 7.71. The van der Waals surface area contributed by atoms with Crippen LogP contribution in [0.4, 0.5) is 0 Å². The van der Waals surface area contributed by atoms with Crippen LogP contribution in [-0.2, 0) is 9.47 Å². The minimum Gasteiger partial charge on any atom is -0.497 e. The molecule has 4 rings (SSSR count). The lowest BCUT2D eigenvalue weighted by Gasteiger charge is -2.31. The summed E-state index contributed by atoms with van der Waals surface area (Å²) >= 11 is 0. The number of nitrogens with zero attached hydrogens (tertiary/aromatic N) is 1. The zero-order chi connectivity index (χ0) is 19.0. The molecule has 4 bridgehead atoms. The van der Waals surface area contributed by atoms with Crippen molar-refractivity contribution in [3.05, 3.63) is 47.0 Å². The number of hydrogen-bond acceptors (Lipinski definition) is 4. The molecular formula is C22H32N2O2Si. The molecule has 3 heterocycles. The van der Waals surface area contributed by atoms with Gasteiger partial charge in [-0.1, -0.05) is 31.8 Å². The Bertz CT molecular complexity index is 755. The SMILES string of the molecule is COC1=C/C2=C3NCC4CC3=N/C2=C/C(C4)C(COCC[Si](C)(C)C)/C=C\1. The zero-order valence-electron chi connectivity index (χ0n) is 17.0. The summed E-state index contributed by atoms with van der Waals surface area (Å²) in [4.78, 5) is 4.97. The molecule has 0 saturated carbocycles. The fourth-order valence-electron chi connectivity index (χ4n) is 4.33. The molecule has 4 nitrogen and oxygen atoms in total. The number of fused-ring (bicyclic) bond motifs is 2. The molecule has 1 aliphatic carbocycles. The highest BCUT2D eigenvalue weighted by Crippen LogP contribution is 2.40. The predicted octanol–water partition coefficient (Wildman–Crippen LogP) is 4.28. The molecule has 3 unspecified atom stereocenters. The largest absolute Gasteiger partial charge is 0.497 e. The second kappa shape index (κ2) is 7.44. The van der Waals surface area contributed by atoms with E-state index >= 15 is 0 Å². The van der Waals surface area contributed by atoms with Gasteiger partial charge in [-0.05, 0) is 42.9 Å². The number of hydrogen-bond donors (Lipinski definition) is 1. The quantitative estimate of drug-likeness (QED) is 0.549. The summed E-state index contributed by atoms with van der Waals surface area (Å²) in [5, 5.41) is 3.64. The molecule has 3 aliphatic heterocycles. The van der Waals surface area contributed by atoms with Crippen LogP contribution in [0.3, 0.4) is 0 Å². The molecule has 1 N–H and O–H groups in total. The third-order valence-electron chi connectivity index (χ3n) is 6.00. The Labute approximate surface area is 164 Å². The number of nitrogens with one attached hydrogen (secondary N) is 1. The van der Waals surface area contributed by atoms with E-state index in [1.54, 1.807) is 7.11 Å². The first-order chi connectivity index (χ1) is 12.9. The standard InChI is InChI=1S/C22H32N2O2Si/c1-25-18-6-5-16(14-26-7-8-27(2,3)4)17-9-15-10-21-22(23-13-15)19(12-18)20(11-17)24-21/h5-6,11-12,15-17,23H,7-10,13-14H2,1-4H3/b6-5-,18-12+,20-11+. The number of methoxy groups -OCH3 is 1. The Morgan fingerprint density at radius 1 is 1.30 bits per heavy atom.